The largest absolute Gasteiger partial charge is 0.397 e. The molecule has 0 aliphatic carbocycles. The van der Waals surface area contributed by atoms with Crippen LogP contribution >= 0.6 is 11.3 Å². The van der Waals surface area contributed by atoms with E-state index in [4.69, 9.17) is 10.7 Å². The molecule has 5 nitrogen and oxygen atoms in total. The summed E-state index contributed by atoms with van der Waals surface area (Å²) < 4.78 is 13.2. The van der Waals surface area contributed by atoms with Crippen LogP contribution in [0.4, 0.5) is 10.1 Å². The monoisotopic (exact) mass is 412 g/mol. The zero-order chi connectivity index (χ0) is 20.5. The Morgan fingerprint density at radius 1 is 1.24 bits per heavy atom. The summed E-state index contributed by atoms with van der Waals surface area (Å²) in [5, 5.41) is 0.838. The number of piperidine rings is 1. The number of anilines is 1. The average molecular weight is 413 g/mol. The van der Waals surface area contributed by atoms with E-state index in [9.17, 15) is 9.18 Å². The van der Waals surface area contributed by atoms with Crippen molar-refractivity contribution in [3.8, 4) is 0 Å². The van der Waals surface area contributed by atoms with Crippen molar-refractivity contribution in [1.82, 2.24) is 14.8 Å². The van der Waals surface area contributed by atoms with Gasteiger partial charge in [-0.2, -0.15) is 0 Å². The van der Waals surface area contributed by atoms with E-state index in [1.807, 2.05) is 24.3 Å². The number of hydrogen-bond donors (Lipinski definition) is 1. The van der Waals surface area contributed by atoms with Gasteiger partial charge < -0.3 is 10.6 Å². The van der Waals surface area contributed by atoms with E-state index in [1.165, 1.54) is 28.4 Å². The van der Waals surface area contributed by atoms with Gasteiger partial charge in [-0.1, -0.05) is 18.6 Å². The third-order valence-electron chi connectivity index (χ3n) is 5.47. The number of likely N-dealkylation sites (tertiary alicyclic amines) is 1. The van der Waals surface area contributed by atoms with E-state index in [2.05, 4.69) is 4.90 Å². The Bertz CT molecular complexity index is 1030. The van der Waals surface area contributed by atoms with Crippen LogP contribution in [0, 0.1) is 5.82 Å². The van der Waals surface area contributed by atoms with Crippen LogP contribution in [0.3, 0.4) is 0 Å². The number of carbonyl (C=O) groups excluding carboxylic acids is 1. The smallest absolute Gasteiger partial charge is 0.265 e. The van der Waals surface area contributed by atoms with Crippen LogP contribution in [-0.2, 0) is 6.54 Å². The molecule has 2 aromatic heterocycles. The Kier molecular flexibility index (Phi) is 5.52. The number of carbonyl (C=O) groups is 1. The van der Waals surface area contributed by atoms with Crippen molar-refractivity contribution in [2.75, 3.05) is 26.4 Å². The van der Waals surface area contributed by atoms with Gasteiger partial charge in [-0.05, 0) is 49.2 Å². The van der Waals surface area contributed by atoms with E-state index in [0.717, 1.165) is 53.8 Å². The topological polar surface area (TPSA) is 62.5 Å². The minimum atomic E-state index is -0.213. The molecule has 1 saturated heterocycles. The first-order valence-electron chi connectivity index (χ1n) is 9.83. The van der Waals surface area contributed by atoms with Crippen LogP contribution in [-0.4, -0.2) is 41.3 Å². The Morgan fingerprint density at radius 3 is 2.72 bits per heavy atom. The Hall–Kier alpha value is -2.51. The molecule has 1 aliphatic rings. The van der Waals surface area contributed by atoms with Crippen molar-refractivity contribution in [2.45, 2.75) is 31.8 Å². The number of amides is 1. The number of rotatable bonds is 4. The summed E-state index contributed by atoms with van der Waals surface area (Å²) in [5.74, 6) is -0.308. The fourth-order valence-corrected chi connectivity index (χ4v) is 5.02. The van der Waals surface area contributed by atoms with Crippen LogP contribution in [0.2, 0.25) is 0 Å². The molecule has 29 heavy (non-hydrogen) atoms. The first kappa shape index (κ1) is 19.8. The molecule has 0 saturated carbocycles. The van der Waals surface area contributed by atoms with Crippen molar-refractivity contribution in [1.29, 1.82) is 0 Å². The number of hydrogen-bond acceptors (Lipinski definition) is 5. The van der Waals surface area contributed by atoms with Gasteiger partial charge in [0.2, 0.25) is 0 Å². The van der Waals surface area contributed by atoms with Crippen molar-refractivity contribution >= 4 is 33.1 Å². The predicted molar refractivity (Wildman–Crippen MR) is 115 cm³/mol. The molecule has 1 fully saturated rings. The standard InChI is InChI=1S/C22H25FN4OS/c1-26(2)22(28)20-19(24)16-10-11-17(25-21(16)29-20)18-5-3-4-12-27(18)13-14-6-8-15(23)9-7-14/h6-11,18H,3-5,12-13,24H2,1-2H3/t18-/m1/s1. The number of nitrogens with zero attached hydrogens (tertiary/aromatic N) is 3. The molecule has 152 valence electrons. The Morgan fingerprint density at radius 2 is 2.00 bits per heavy atom. The predicted octanol–water partition coefficient (Wildman–Crippen LogP) is 4.45. The van der Waals surface area contributed by atoms with Gasteiger partial charge in [-0.3, -0.25) is 9.69 Å². The van der Waals surface area contributed by atoms with Gasteiger partial charge in [0.15, 0.2) is 0 Å². The molecular formula is C22H25FN4OS. The molecule has 2 N–H and O–H groups in total. The van der Waals surface area contributed by atoms with Crippen LogP contribution in [0.25, 0.3) is 10.2 Å². The minimum absolute atomic E-state index is 0.0948. The van der Waals surface area contributed by atoms with Crippen molar-refractivity contribution in [2.24, 2.45) is 0 Å². The van der Waals surface area contributed by atoms with E-state index in [1.54, 1.807) is 14.1 Å². The minimum Gasteiger partial charge on any atom is -0.397 e. The molecule has 4 rings (SSSR count). The third-order valence-corrected chi connectivity index (χ3v) is 6.57. The second-order valence-corrected chi connectivity index (χ2v) is 8.74. The highest BCUT2D eigenvalue weighted by molar-refractivity contribution is 7.21. The van der Waals surface area contributed by atoms with Gasteiger partial charge in [-0.25, -0.2) is 9.37 Å². The van der Waals surface area contributed by atoms with Gasteiger partial charge >= 0.3 is 0 Å². The zero-order valence-corrected chi connectivity index (χ0v) is 17.5. The van der Waals surface area contributed by atoms with Crippen molar-refractivity contribution in [3.63, 3.8) is 0 Å². The maximum atomic E-state index is 13.2. The molecule has 1 atom stereocenters. The first-order chi connectivity index (χ1) is 13.9. The molecule has 0 bridgehead atoms. The molecule has 0 unspecified atom stereocenters. The van der Waals surface area contributed by atoms with Gasteiger partial charge in [0.1, 0.15) is 15.5 Å². The summed E-state index contributed by atoms with van der Waals surface area (Å²) in [6.07, 6.45) is 3.33. The van der Waals surface area contributed by atoms with Crippen LogP contribution in [0.1, 0.15) is 46.2 Å². The Balaban J connectivity index is 1.64. The zero-order valence-electron chi connectivity index (χ0n) is 16.7. The molecule has 3 aromatic rings. The van der Waals surface area contributed by atoms with Gasteiger partial charge in [0.05, 0.1) is 17.4 Å². The fourth-order valence-electron chi connectivity index (χ4n) is 3.90. The highest BCUT2D eigenvalue weighted by atomic mass is 32.1. The number of fused-ring (bicyclic) bond motifs is 1. The lowest BCUT2D eigenvalue weighted by Gasteiger charge is -2.35. The van der Waals surface area contributed by atoms with E-state index >= 15 is 0 Å². The fraction of sp³-hybridized carbons (Fsp3) is 0.364. The van der Waals surface area contributed by atoms with Gasteiger partial charge in [0, 0.05) is 26.0 Å². The lowest BCUT2D eigenvalue weighted by atomic mass is 9.97. The first-order valence-corrected chi connectivity index (χ1v) is 10.6. The quantitative estimate of drug-likeness (QED) is 0.688. The number of nitrogens with two attached hydrogens (primary N) is 1. The summed E-state index contributed by atoms with van der Waals surface area (Å²) in [7, 11) is 3.45. The summed E-state index contributed by atoms with van der Waals surface area (Å²) in [6.45, 7) is 1.75. The van der Waals surface area contributed by atoms with Gasteiger partial charge in [0.25, 0.3) is 5.91 Å². The Labute approximate surface area is 173 Å². The molecule has 0 spiro atoms. The summed E-state index contributed by atoms with van der Waals surface area (Å²) in [5.41, 5.74) is 8.84. The molecule has 1 aromatic carbocycles. The molecule has 7 heteroatoms. The molecule has 1 aliphatic heterocycles. The van der Waals surface area contributed by atoms with E-state index in [0.29, 0.717) is 10.6 Å². The SMILES string of the molecule is CN(C)C(=O)c1sc2nc([C@H]3CCCCN3Cc3ccc(F)cc3)ccc2c1N. The lowest BCUT2D eigenvalue weighted by molar-refractivity contribution is 0.0833. The summed E-state index contributed by atoms with van der Waals surface area (Å²) in [6, 6.07) is 10.9. The van der Waals surface area contributed by atoms with Crippen molar-refractivity contribution < 1.29 is 9.18 Å². The molecule has 1 amide bonds. The highest BCUT2D eigenvalue weighted by Gasteiger charge is 2.26. The number of benzene rings is 1. The van der Waals surface area contributed by atoms with E-state index in [-0.39, 0.29) is 17.8 Å². The van der Waals surface area contributed by atoms with Crippen molar-refractivity contribution in [3.05, 3.63) is 58.3 Å². The number of halogens is 1. The average Bonchev–Trinajstić information content (AvgIpc) is 3.05. The van der Waals surface area contributed by atoms with Crippen LogP contribution in [0.5, 0.6) is 0 Å². The number of pyridine rings is 1. The maximum Gasteiger partial charge on any atom is 0.265 e. The number of nitrogen functional groups attached to an aromatic ring is 1. The third kappa shape index (κ3) is 3.97. The lowest BCUT2D eigenvalue weighted by Crippen LogP contribution is -2.33. The molecule has 0 radical (unpaired) electrons. The second-order valence-electron chi connectivity index (χ2n) is 7.74. The normalized spacial score (nSPS) is 17.6. The molecular weight excluding hydrogens is 387 g/mol. The number of aromatic nitrogens is 1. The highest BCUT2D eigenvalue weighted by Crippen LogP contribution is 2.37. The van der Waals surface area contributed by atoms with Crippen LogP contribution in [0.15, 0.2) is 36.4 Å². The maximum absolute atomic E-state index is 13.2. The second kappa shape index (κ2) is 8.08. The summed E-state index contributed by atoms with van der Waals surface area (Å²) in [4.78, 5) is 22.6. The summed E-state index contributed by atoms with van der Waals surface area (Å²) >= 11 is 1.36. The van der Waals surface area contributed by atoms with E-state index < -0.39 is 0 Å². The van der Waals surface area contributed by atoms with Crippen LogP contribution < -0.4 is 5.73 Å². The number of thiophene rings is 1. The molecule has 3 heterocycles. The van der Waals surface area contributed by atoms with Gasteiger partial charge in [-0.15, -0.1) is 11.3 Å².